The predicted molar refractivity (Wildman–Crippen MR) is 51.0 cm³/mol. The maximum atomic E-state index is 10.3. The lowest BCUT2D eigenvalue weighted by atomic mass is 10.2. The second-order valence-corrected chi connectivity index (χ2v) is 3.17. The van der Waals surface area contributed by atoms with E-state index in [0.717, 1.165) is 18.1 Å². The molecule has 0 spiro atoms. The Hall–Kier alpha value is -1.39. The SMILES string of the molecule is CCc1nc(CCCC(=O)O)n(C)n1. The molecule has 14 heavy (non-hydrogen) atoms. The zero-order chi connectivity index (χ0) is 10.6. The topological polar surface area (TPSA) is 68.0 Å². The molecule has 78 valence electrons. The summed E-state index contributed by atoms with van der Waals surface area (Å²) in [5, 5.41) is 12.7. The number of rotatable bonds is 5. The van der Waals surface area contributed by atoms with E-state index in [0.29, 0.717) is 12.8 Å². The van der Waals surface area contributed by atoms with Gasteiger partial charge in [-0.25, -0.2) is 4.98 Å². The molecule has 0 unspecified atom stereocenters. The van der Waals surface area contributed by atoms with Crippen molar-refractivity contribution in [2.45, 2.75) is 32.6 Å². The number of carbonyl (C=O) groups is 1. The average Bonchev–Trinajstić information content (AvgIpc) is 2.47. The van der Waals surface area contributed by atoms with Crippen LogP contribution in [0.3, 0.4) is 0 Å². The van der Waals surface area contributed by atoms with E-state index >= 15 is 0 Å². The molecule has 0 bridgehead atoms. The van der Waals surface area contributed by atoms with E-state index in [4.69, 9.17) is 5.11 Å². The van der Waals surface area contributed by atoms with Gasteiger partial charge in [0.25, 0.3) is 0 Å². The minimum absolute atomic E-state index is 0.189. The van der Waals surface area contributed by atoms with Gasteiger partial charge < -0.3 is 5.11 Å². The van der Waals surface area contributed by atoms with Crippen LogP contribution in [0.4, 0.5) is 0 Å². The van der Waals surface area contributed by atoms with E-state index < -0.39 is 5.97 Å². The number of hydrogen-bond acceptors (Lipinski definition) is 3. The first-order valence-electron chi connectivity index (χ1n) is 4.74. The quantitative estimate of drug-likeness (QED) is 0.757. The number of aryl methyl sites for hydroxylation is 3. The Morgan fingerprint density at radius 3 is 2.79 bits per heavy atom. The largest absolute Gasteiger partial charge is 0.481 e. The van der Waals surface area contributed by atoms with Crippen LogP contribution in [0.1, 0.15) is 31.4 Å². The molecule has 0 aliphatic rings. The Labute approximate surface area is 82.8 Å². The molecule has 1 aromatic heterocycles. The first-order valence-corrected chi connectivity index (χ1v) is 4.74. The summed E-state index contributed by atoms with van der Waals surface area (Å²) in [6.45, 7) is 2.00. The highest BCUT2D eigenvalue weighted by Gasteiger charge is 2.06. The van der Waals surface area contributed by atoms with Crippen molar-refractivity contribution in [3.05, 3.63) is 11.6 Å². The fourth-order valence-electron chi connectivity index (χ4n) is 1.24. The fraction of sp³-hybridized carbons (Fsp3) is 0.667. The summed E-state index contributed by atoms with van der Waals surface area (Å²) >= 11 is 0. The maximum absolute atomic E-state index is 10.3. The highest BCUT2D eigenvalue weighted by Crippen LogP contribution is 2.03. The molecule has 0 saturated carbocycles. The van der Waals surface area contributed by atoms with Gasteiger partial charge in [0.15, 0.2) is 5.82 Å². The number of carboxylic acid groups (broad SMARTS) is 1. The number of aliphatic carboxylic acids is 1. The standard InChI is InChI=1S/C9H15N3O2/c1-3-7-10-8(12(2)11-7)5-4-6-9(13)14/h3-6H2,1-2H3,(H,13,14). The van der Waals surface area contributed by atoms with Crippen LogP contribution in [-0.4, -0.2) is 25.8 Å². The number of aromatic nitrogens is 3. The van der Waals surface area contributed by atoms with Crippen molar-refractivity contribution in [1.29, 1.82) is 0 Å². The number of hydrogen-bond donors (Lipinski definition) is 1. The van der Waals surface area contributed by atoms with E-state index in [-0.39, 0.29) is 6.42 Å². The smallest absolute Gasteiger partial charge is 0.303 e. The predicted octanol–water partition coefficient (Wildman–Crippen LogP) is 0.785. The molecule has 5 heteroatoms. The van der Waals surface area contributed by atoms with Crippen LogP contribution in [0.25, 0.3) is 0 Å². The molecule has 0 atom stereocenters. The lowest BCUT2D eigenvalue weighted by molar-refractivity contribution is -0.137. The van der Waals surface area contributed by atoms with Crippen molar-refractivity contribution in [2.24, 2.45) is 7.05 Å². The first kappa shape index (κ1) is 10.7. The van der Waals surface area contributed by atoms with Crippen molar-refractivity contribution in [3.8, 4) is 0 Å². The molecule has 1 N–H and O–H groups in total. The molecule has 1 rings (SSSR count). The fourth-order valence-corrected chi connectivity index (χ4v) is 1.24. The molecular weight excluding hydrogens is 182 g/mol. The van der Waals surface area contributed by atoms with Crippen LogP contribution < -0.4 is 0 Å². The van der Waals surface area contributed by atoms with E-state index in [9.17, 15) is 4.79 Å². The highest BCUT2D eigenvalue weighted by molar-refractivity contribution is 5.66. The molecule has 0 radical (unpaired) electrons. The van der Waals surface area contributed by atoms with E-state index in [1.54, 1.807) is 4.68 Å². The maximum Gasteiger partial charge on any atom is 0.303 e. The van der Waals surface area contributed by atoms with Crippen LogP contribution in [-0.2, 0) is 24.7 Å². The molecule has 1 aromatic rings. The van der Waals surface area contributed by atoms with Crippen molar-refractivity contribution < 1.29 is 9.90 Å². The summed E-state index contributed by atoms with van der Waals surface area (Å²) in [5.74, 6) is 0.920. The molecule has 5 nitrogen and oxygen atoms in total. The third-order valence-corrected chi connectivity index (χ3v) is 2.00. The van der Waals surface area contributed by atoms with Crippen LogP contribution in [0.15, 0.2) is 0 Å². The lowest BCUT2D eigenvalue weighted by Crippen LogP contribution is -2.02. The third-order valence-electron chi connectivity index (χ3n) is 2.00. The van der Waals surface area contributed by atoms with Gasteiger partial charge in [0.05, 0.1) is 0 Å². The number of carboxylic acids is 1. The van der Waals surface area contributed by atoms with Crippen molar-refractivity contribution in [3.63, 3.8) is 0 Å². The minimum Gasteiger partial charge on any atom is -0.481 e. The van der Waals surface area contributed by atoms with Gasteiger partial charge >= 0.3 is 5.97 Å². The first-order chi connectivity index (χ1) is 6.63. The van der Waals surface area contributed by atoms with Crippen molar-refractivity contribution in [2.75, 3.05) is 0 Å². The second-order valence-electron chi connectivity index (χ2n) is 3.17. The van der Waals surface area contributed by atoms with Gasteiger partial charge in [-0.1, -0.05) is 6.92 Å². The Balaban J connectivity index is 2.49. The Kier molecular flexibility index (Phi) is 3.62. The highest BCUT2D eigenvalue weighted by atomic mass is 16.4. The molecule has 0 aliphatic heterocycles. The van der Waals surface area contributed by atoms with Crippen molar-refractivity contribution >= 4 is 5.97 Å². The summed E-state index contributed by atoms with van der Waals surface area (Å²) in [6.07, 6.45) is 2.29. The van der Waals surface area contributed by atoms with Crippen LogP contribution in [0, 0.1) is 0 Å². The molecular formula is C9H15N3O2. The Morgan fingerprint density at radius 2 is 2.29 bits per heavy atom. The summed E-state index contributed by atoms with van der Waals surface area (Å²) in [7, 11) is 1.84. The lowest BCUT2D eigenvalue weighted by Gasteiger charge is -1.96. The van der Waals surface area contributed by atoms with E-state index in [2.05, 4.69) is 10.1 Å². The molecule has 0 saturated heterocycles. The van der Waals surface area contributed by atoms with E-state index in [1.807, 2.05) is 14.0 Å². The van der Waals surface area contributed by atoms with Gasteiger partial charge in [0.2, 0.25) is 0 Å². The van der Waals surface area contributed by atoms with Gasteiger partial charge in [0.1, 0.15) is 5.82 Å². The molecule has 1 heterocycles. The van der Waals surface area contributed by atoms with E-state index in [1.165, 1.54) is 0 Å². The van der Waals surface area contributed by atoms with Gasteiger partial charge in [-0.15, -0.1) is 0 Å². The summed E-state index contributed by atoms with van der Waals surface area (Å²) < 4.78 is 1.72. The average molecular weight is 197 g/mol. The minimum atomic E-state index is -0.761. The molecule has 0 fully saturated rings. The van der Waals surface area contributed by atoms with Gasteiger partial charge in [0, 0.05) is 26.3 Å². The third kappa shape index (κ3) is 2.83. The van der Waals surface area contributed by atoms with Gasteiger partial charge in [-0.3, -0.25) is 9.48 Å². The summed E-state index contributed by atoms with van der Waals surface area (Å²) in [6, 6.07) is 0. The number of nitrogens with zero attached hydrogens (tertiary/aromatic N) is 3. The molecule has 0 amide bonds. The monoisotopic (exact) mass is 197 g/mol. The van der Waals surface area contributed by atoms with Crippen LogP contribution >= 0.6 is 0 Å². The summed E-state index contributed by atoms with van der Waals surface area (Å²) in [5.41, 5.74) is 0. The Bertz CT molecular complexity index is 320. The zero-order valence-electron chi connectivity index (χ0n) is 8.53. The normalized spacial score (nSPS) is 10.4. The van der Waals surface area contributed by atoms with Gasteiger partial charge in [-0.05, 0) is 6.42 Å². The van der Waals surface area contributed by atoms with Gasteiger partial charge in [-0.2, -0.15) is 5.10 Å². The molecule has 0 aliphatic carbocycles. The Morgan fingerprint density at radius 1 is 1.57 bits per heavy atom. The molecule has 0 aromatic carbocycles. The van der Waals surface area contributed by atoms with Crippen LogP contribution in [0.5, 0.6) is 0 Å². The zero-order valence-corrected chi connectivity index (χ0v) is 8.53. The van der Waals surface area contributed by atoms with Crippen molar-refractivity contribution in [1.82, 2.24) is 14.8 Å². The van der Waals surface area contributed by atoms with Crippen LogP contribution in [0.2, 0.25) is 0 Å². The second kappa shape index (κ2) is 4.74. The summed E-state index contributed by atoms with van der Waals surface area (Å²) in [4.78, 5) is 14.6.